The predicted octanol–water partition coefficient (Wildman–Crippen LogP) is 5.10. The molecule has 1 aromatic heterocycles. The molecule has 1 N–H and O–H groups in total. The average Bonchev–Trinajstić information content (AvgIpc) is 3.19. The van der Waals surface area contributed by atoms with Crippen molar-refractivity contribution in [1.29, 1.82) is 0 Å². The number of halogens is 1. The van der Waals surface area contributed by atoms with Crippen molar-refractivity contribution >= 4 is 11.6 Å². The first-order chi connectivity index (χ1) is 13.6. The standard InChI is InChI=1S/C22H16FN3O2/c1-14-6-8-16(9-7-14)21(27)24-19-5-3-2-4-18(19)22-25-20(26-28-22)15-10-12-17(23)13-11-15/h2-13H,1H3,(H,24,27). The first-order valence-electron chi connectivity index (χ1n) is 8.67. The number of anilines is 1. The molecule has 0 aliphatic carbocycles. The lowest BCUT2D eigenvalue weighted by Crippen LogP contribution is -2.12. The van der Waals surface area contributed by atoms with E-state index in [1.54, 1.807) is 36.4 Å². The molecule has 0 fully saturated rings. The van der Waals surface area contributed by atoms with Gasteiger partial charge in [-0.25, -0.2) is 4.39 Å². The Morgan fingerprint density at radius 1 is 0.964 bits per heavy atom. The number of hydrogen-bond acceptors (Lipinski definition) is 4. The third kappa shape index (κ3) is 3.66. The zero-order valence-electron chi connectivity index (χ0n) is 15.0. The molecule has 0 unspecified atom stereocenters. The Morgan fingerprint density at radius 2 is 1.68 bits per heavy atom. The number of nitrogens with one attached hydrogen (secondary N) is 1. The molecule has 4 aromatic rings. The predicted molar refractivity (Wildman–Crippen MR) is 104 cm³/mol. The third-order valence-corrected chi connectivity index (χ3v) is 4.25. The lowest BCUT2D eigenvalue weighted by molar-refractivity contribution is 0.102. The van der Waals surface area contributed by atoms with E-state index in [2.05, 4.69) is 15.5 Å². The minimum Gasteiger partial charge on any atom is -0.334 e. The Hall–Kier alpha value is -3.80. The summed E-state index contributed by atoms with van der Waals surface area (Å²) in [6.45, 7) is 1.96. The van der Waals surface area contributed by atoms with Gasteiger partial charge < -0.3 is 9.84 Å². The van der Waals surface area contributed by atoms with E-state index in [0.717, 1.165) is 5.56 Å². The van der Waals surface area contributed by atoms with Gasteiger partial charge in [0.05, 0.1) is 11.3 Å². The van der Waals surface area contributed by atoms with Crippen LogP contribution in [0.15, 0.2) is 77.3 Å². The number of para-hydroxylation sites is 1. The molecule has 1 heterocycles. The number of aromatic nitrogens is 2. The van der Waals surface area contributed by atoms with Gasteiger partial charge in [0.1, 0.15) is 5.82 Å². The number of carbonyl (C=O) groups excluding carboxylic acids is 1. The van der Waals surface area contributed by atoms with E-state index >= 15 is 0 Å². The fraction of sp³-hybridized carbons (Fsp3) is 0.0455. The first kappa shape index (κ1) is 17.6. The second kappa shape index (κ2) is 7.44. The zero-order chi connectivity index (χ0) is 19.5. The SMILES string of the molecule is Cc1ccc(C(=O)Nc2ccccc2-c2nc(-c3ccc(F)cc3)no2)cc1. The van der Waals surface area contributed by atoms with Gasteiger partial charge in [0.15, 0.2) is 0 Å². The maximum atomic E-state index is 13.1. The maximum Gasteiger partial charge on any atom is 0.260 e. The molecule has 0 radical (unpaired) electrons. The molecule has 138 valence electrons. The second-order valence-electron chi connectivity index (χ2n) is 6.30. The number of aryl methyl sites for hydroxylation is 1. The van der Waals surface area contributed by atoms with Crippen LogP contribution in [0.2, 0.25) is 0 Å². The summed E-state index contributed by atoms with van der Waals surface area (Å²) in [4.78, 5) is 16.9. The fourth-order valence-corrected chi connectivity index (χ4v) is 2.73. The molecular formula is C22H16FN3O2. The molecule has 0 saturated carbocycles. The highest BCUT2D eigenvalue weighted by Crippen LogP contribution is 2.29. The Labute approximate surface area is 160 Å². The Balaban J connectivity index is 1.62. The van der Waals surface area contributed by atoms with Crippen LogP contribution in [0.1, 0.15) is 15.9 Å². The second-order valence-corrected chi connectivity index (χ2v) is 6.30. The van der Waals surface area contributed by atoms with E-state index in [1.807, 2.05) is 31.2 Å². The lowest BCUT2D eigenvalue weighted by atomic mass is 10.1. The van der Waals surface area contributed by atoms with Crippen molar-refractivity contribution in [1.82, 2.24) is 10.1 Å². The molecule has 4 rings (SSSR count). The summed E-state index contributed by atoms with van der Waals surface area (Å²) < 4.78 is 18.5. The first-order valence-corrected chi connectivity index (χ1v) is 8.67. The van der Waals surface area contributed by atoms with Crippen LogP contribution in [0, 0.1) is 12.7 Å². The summed E-state index contributed by atoms with van der Waals surface area (Å²) in [5.41, 5.74) is 3.43. The number of benzene rings is 3. The minimum atomic E-state index is -0.336. The van der Waals surface area contributed by atoms with Crippen molar-refractivity contribution < 1.29 is 13.7 Å². The van der Waals surface area contributed by atoms with E-state index in [4.69, 9.17) is 4.52 Å². The van der Waals surface area contributed by atoms with E-state index in [-0.39, 0.29) is 17.6 Å². The molecular weight excluding hydrogens is 357 g/mol. The molecule has 0 atom stereocenters. The minimum absolute atomic E-state index is 0.231. The quantitative estimate of drug-likeness (QED) is 0.540. The van der Waals surface area contributed by atoms with Crippen LogP contribution in [0.5, 0.6) is 0 Å². The van der Waals surface area contributed by atoms with E-state index in [1.165, 1.54) is 12.1 Å². The number of amides is 1. The maximum absolute atomic E-state index is 13.1. The largest absolute Gasteiger partial charge is 0.334 e. The number of rotatable bonds is 4. The average molecular weight is 373 g/mol. The van der Waals surface area contributed by atoms with Crippen molar-refractivity contribution in [2.75, 3.05) is 5.32 Å². The van der Waals surface area contributed by atoms with Gasteiger partial charge in [-0.3, -0.25) is 4.79 Å². The Bertz CT molecular complexity index is 1120. The van der Waals surface area contributed by atoms with Crippen molar-refractivity contribution in [2.45, 2.75) is 6.92 Å². The molecule has 0 aliphatic rings. The van der Waals surface area contributed by atoms with Gasteiger partial charge in [-0.1, -0.05) is 35.0 Å². The Morgan fingerprint density at radius 3 is 2.43 bits per heavy atom. The van der Waals surface area contributed by atoms with Gasteiger partial charge in [0.2, 0.25) is 5.82 Å². The molecule has 28 heavy (non-hydrogen) atoms. The molecule has 0 spiro atoms. The number of nitrogens with zero attached hydrogens (tertiary/aromatic N) is 2. The summed E-state index contributed by atoms with van der Waals surface area (Å²) in [7, 11) is 0. The molecule has 0 aliphatic heterocycles. The van der Waals surface area contributed by atoms with Gasteiger partial charge in [0.25, 0.3) is 11.8 Å². The highest BCUT2D eigenvalue weighted by Gasteiger charge is 2.16. The van der Waals surface area contributed by atoms with E-state index in [0.29, 0.717) is 28.2 Å². The van der Waals surface area contributed by atoms with Gasteiger partial charge in [-0.2, -0.15) is 4.98 Å². The van der Waals surface area contributed by atoms with E-state index in [9.17, 15) is 9.18 Å². The van der Waals surface area contributed by atoms with Crippen LogP contribution in [0.4, 0.5) is 10.1 Å². The molecule has 5 nitrogen and oxygen atoms in total. The van der Waals surface area contributed by atoms with Gasteiger partial charge >= 0.3 is 0 Å². The monoisotopic (exact) mass is 373 g/mol. The van der Waals surface area contributed by atoms with Crippen molar-refractivity contribution in [3.05, 3.63) is 89.7 Å². The van der Waals surface area contributed by atoms with Crippen molar-refractivity contribution in [2.24, 2.45) is 0 Å². The fourth-order valence-electron chi connectivity index (χ4n) is 2.73. The Kier molecular flexibility index (Phi) is 4.68. The number of hydrogen-bond donors (Lipinski definition) is 1. The summed E-state index contributed by atoms with van der Waals surface area (Å²) in [5.74, 6) is 0.0381. The van der Waals surface area contributed by atoms with Gasteiger partial charge in [-0.15, -0.1) is 0 Å². The third-order valence-electron chi connectivity index (χ3n) is 4.25. The molecule has 0 saturated heterocycles. The smallest absolute Gasteiger partial charge is 0.260 e. The van der Waals surface area contributed by atoms with Crippen LogP contribution in [-0.2, 0) is 0 Å². The summed E-state index contributed by atoms with van der Waals surface area (Å²) in [5, 5.41) is 6.84. The summed E-state index contributed by atoms with van der Waals surface area (Å²) in [6, 6.07) is 20.3. The van der Waals surface area contributed by atoms with Crippen LogP contribution in [0.3, 0.4) is 0 Å². The summed E-state index contributed by atoms with van der Waals surface area (Å²) >= 11 is 0. The summed E-state index contributed by atoms with van der Waals surface area (Å²) in [6.07, 6.45) is 0. The highest BCUT2D eigenvalue weighted by atomic mass is 19.1. The van der Waals surface area contributed by atoms with Crippen LogP contribution in [0.25, 0.3) is 22.8 Å². The van der Waals surface area contributed by atoms with Gasteiger partial charge in [-0.05, 0) is 55.5 Å². The number of carbonyl (C=O) groups is 1. The highest BCUT2D eigenvalue weighted by molar-refractivity contribution is 6.06. The van der Waals surface area contributed by atoms with Gasteiger partial charge in [0, 0.05) is 11.1 Å². The van der Waals surface area contributed by atoms with Crippen LogP contribution >= 0.6 is 0 Å². The van der Waals surface area contributed by atoms with Crippen LogP contribution < -0.4 is 5.32 Å². The molecule has 1 amide bonds. The topological polar surface area (TPSA) is 68.0 Å². The van der Waals surface area contributed by atoms with Crippen molar-refractivity contribution in [3.63, 3.8) is 0 Å². The lowest BCUT2D eigenvalue weighted by Gasteiger charge is -2.08. The van der Waals surface area contributed by atoms with Crippen LogP contribution in [-0.4, -0.2) is 16.0 Å². The molecule has 3 aromatic carbocycles. The van der Waals surface area contributed by atoms with E-state index < -0.39 is 0 Å². The zero-order valence-corrected chi connectivity index (χ0v) is 15.0. The molecule has 6 heteroatoms. The van der Waals surface area contributed by atoms with Crippen molar-refractivity contribution in [3.8, 4) is 22.8 Å². The normalized spacial score (nSPS) is 10.6. The molecule has 0 bridgehead atoms.